The molecule has 0 amide bonds. The van der Waals surface area contributed by atoms with Gasteiger partial charge in [0.2, 0.25) is 17.8 Å². The molecule has 0 aliphatic carbocycles. The number of aromatic nitrogens is 3. The van der Waals surface area contributed by atoms with Crippen LogP contribution in [0.4, 0.5) is 17.8 Å². The molecule has 0 aliphatic heterocycles. The zero-order valence-electron chi connectivity index (χ0n) is 13.6. The van der Waals surface area contributed by atoms with E-state index in [1.165, 1.54) is 0 Å². The fraction of sp³-hybridized carbons (Fsp3) is 0.786. The van der Waals surface area contributed by atoms with Crippen LogP contribution in [0.5, 0.6) is 0 Å². The van der Waals surface area contributed by atoms with E-state index in [0.717, 1.165) is 32.5 Å². The Morgan fingerprint density at radius 1 is 1.05 bits per heavy atom. The van der Waals surface area contributed by atoms with Crippen LogP contribution in [0.1, 0.15) is 40.5 Å². The average Bonchev–Trinajstić information content (AvgIpc) is 2.51. The number of hydrogen-bond acceptors (Lipinski definition) is 7. The summed E-state index contributed by atoms with van der Waals surface area (Å²) in [6.45, 7) is 10.8. The monoisotopic (exact) mass is 296 g/mol. The van der Waals surface area contributed by atoms with E-state index in [1.54, 1.807) is 0 Å². The molecular formula is C14H28N6O. The Bertz CT molecular complexity index is 406. The Balaban J connectivity index is 3.01. The molecule has 0 aliphatic rings. The highest BCUT2D eigenvalue weighted by Crippen LogP contribution is 2.14. The molecule has 1 aromatic rings. The first-order valence-electron chi connectivity index (χ1n) is 7.80. The summed E-state index contributed by atoms with van der Waals surface area (Å²) >= 11 is 0. The highest BCUT2D eigenvalue weighted by molar-refractivity contribution is 5.44. The Kier molecular flexibility index (Phi) is 7.74. The molecule has 3 N–H and O–H groups in total. The largest absolute Gasteiger partial charge is 0.394 e. The normalized spacial score (nSPS) is 12.0. The molecule has 0 aromatic carbocycles. The topological polar surface area (TPSA) is 86.2 Å². The lowest BCUT2D eigenvalue weighted by Crippen LogP contribution is -2.28. The number of rotatable bonds is 10. The highest BCUT2D eigenvalue weighted by atomic mass is 16.3. The molecule has 0 radical (unpaired) electrons. The summed E-state index contributed by atoms with van der Waals surface area (Å²) in [7, 11) is 0. The van der Waals surface area contributed by atoms with Gasteiger partial charge in [0.1, 0.15) is 0 Å². The van der Waals surface area contributed by atoms with Crippen LogP contribution in [-0.4, -0.2) is 52.3 Å². The standard InChI is InChI=1S/C14H28N6O/c1-5-9-15-12-17-13(16-11(6-2)10-21)19-14(18-12)20(7-3)8-4/h11,21H,5-10H2,1-4H3,(H2,15,16,17,18,19). The molecule has 0 saturated carbocycles. The molecule has 7 heteroatoms. The van der Waals surface area contributed by atoms with Crippen molar-refractivity contribution in [1.82, 2.24) is 15.0 Å². The lowest BCUT2D eigenvalue weighted by molar-refractivity contribution is 0.271. The Morgan fingerprint density at radius 2 is 1.71 bits per heavy atom. The molecule has 1 unspecified atom stereocenters. The van der Waals surface area contributed by atoms with Crippen LogP contribution in [0.15, 0.2) is 0 Å². The maximum atomic E-state index is 9.31. The highest BCUT2D eigenvalue weighted by Gasteiger charge is 2.13. The number of aliphatic hydroxyl groups excluding tert-OH is 1. The van der Waals surface area contributed by atoms with Crippen molar-refractivity contribution in [3.05, 3.63) is 0 Å². The molecule has 7 nitrogen and oxygen atoms in total. The Morgan fingerprint density at radius 3 is 2.24 bits per heavy atom. The van der Waals surface area contributed by atoms with Gasteiger partial charge in [0, 0.05) is 19.6 Å². The summed E-state index contributed by atoms with van der Waals surface area (Å²) in [5, 5.41) is 15.7. The number of aliphatic hydroxyl groups is 1. The summed E-state index contributed by atoms with van der Waals surface area (Å²) in [5.41, 5.74) is 0. The van der Waals surface area contributed by atoms with Crippen LogP contribution in [0, 0.1) is 0 Å². The van der Waals surface area contributed by atoms with E-state index < -0.39 is 0 Å². The predicted molar refractivity (Wildman–Crippen MR) is 87.0 cm³/mol. The second kappa shape index (κ2) is 9.33. The van der Waals surface area contributed by atoms with Crippen molar-refractivity contribution in [3.8, 4) is 0 Å². The summed E-state index contributed by atoms with van der Waals surface area (Å²) < 4.78 is 0. The van der Waals surface area contributed by atoms with Crippen molar-refractivity contribution in [2.75, 3.05) is 41.8 Å². The summed E-state index contributed by atoms with van der Waals surface area (Å²) in [6.07, 6.45) is 1.81. The number of nitrogens with zero attached hydrogens (tertiary/aromatic N) is 4. The molecule has 21 heavy (non-hydrogen) atoms. The zero-order valence-corrected chi connectivity index (χ0v) is 13.6. The first kappa shape index (κ1) is 17.4. The van der Waals surface area contributed by atoms with Gasteiger partial charge in [0.25, 0.3) is 0 Å². The van der Waals surface area contributed by atoms with Crippen LogP contribution < -0.4 is 15.5 Å². The van der Waals surface area contributed by atoms with Crippen molar-refractivity contribution in [2.24, 2.45) is 0 Å². The van der Waals surface area contributed by atoms with Gasteiger partial charge in [0.05, 0.1) is 12.6 Å². The zero-order chi connectivity index (χ0) is 15.7. The summed E-state index contributed by atoms with van der Waals surface area (Å²) in [6, 6.07) is -0.0454. The maximum absolute atomic E-state index is 9.31. The smallest absolute Gasteiger partial charge is 0.231 e. The van der Waals surface area contributed by atoms with Gasteiger partial charge < -0.3 is 20.6 Å². The molecule has 120 valence electrons. The second-order valence-electron chi connectivity index (χ2n) is 4.81. The molecule has 1 rings (SSSR count). The van der Waals surface area contributed by atoms with Crippen molar-refractivity contribution in [2.45, 2.75) is 46.6 Å². The van der Waals surface area contributed by atoms with Crippen molar-refractivity contribution in [1.29, 1.82) is 0 Å². The van der Waals surface area contributed by atoms with Gasteiger partial charge >= 0.3 is 0 Å². The van der Waals surface area contributed by atoms with Gasteiger partial charge in [-0.15, -0.1) is 0 Å². The SMILES string of the molecule is CCCNc1nc(NC(CC)CO)nc(N(CC)CC)n1. The average molecular weight is 296 g/mol. The molecule has 0 saturated heterocycles. The van der Waals surface area contributed by atoms with Crippen LogP contribution in [-0.2, 0) is 0 Å². The molecule has 1 atom stereocenters. The molecule has 0 spiro atoms. The molecule has 1 aromatic heterocycles. The lowest BCUT2D eigenvalue weighted by Gasteiger charge is -2.21. The van der Waals surface area contributed by atoms with Gasteiger partial charge in [-0.1, -0.05) is 13.8 Å². The van der Waals surface area contributed by atoms with E-state index in [9.17, 15) is 5.11 Å². The number of hydrogen-bond donors (Lipinski definition) is 3. The first-order valence-corrected chi connectivity index (χ1v) is 7.80. The Labute approximate surface area is 127 Å². The lowest BCUT2D eigenvalue weighted by atomic mass is 10.2. The van der Waals surface area contributed by atoms with Gasteiger partial charge in [-0.25, -0.2) is 0 Å². The quantitative estimate of drug-likeness (QED) is 0.606. The van der Waals surface area contributed by atoms with Gasteiger partial charge in [0.15, 0.2) is 0 Å². The van der Waals surface area contributed by atoms with Crippen molar-refractivity contribution >= 4 is 17.8 Å². The third-order valence-corrected chi connectivity index (χ3v) is 3.25. The van der Waals surface area contributed by atoms with E-state index in [1.807, 2.05) is 6.92 Å². The third kappa shape index (κ3) is 5.34. The second-order valence-corrected chi connectivity index (χ2v) is 4.81. The van der Waals surface area contributed by atoms with E-state index in [4.69, 9.17) is 0 Å². The van der Waals surface area contributed by atoms with Gasteiger partial charge in [-0.3, -0.25) is 0 Å². The fourth-order valence-electron chi connectivity index (χ4n) is 1.85. The minimum absolute atomic E-state index is 0.0454. The van der Waals surface area contributed by atoms with Crippen molar-refractivity contribution in [3.63, 3.8) is 0 Å². The van der Waals surface area contributed by atoms with Crippen LogP contribution >= 0.6 is 0 Å². The first-order chi connectivity index (χ1) is 10.2. The number of nitrogens with one attached hydrogen (secondary N) is 2. The predicted octanol–water partition coefficient (Wildman–Crippen LogP) is 1.72. The van der Waals surface area contributed by atoms with Crippen LogP contribution in [0.3, 0.4) is 0 Å². The van der Waals surface area contributed by atoms with E-state index in [-0.39, 0.29) is 12.6 Å². The van der Waals surface area contributed by atoms with Crippen molar-refractivity contribution < 1.29 is 5.11 Å². The Hall–Kier alpha value is -1.63. The molecule has 0 fully saturated rings. The maximum Gasteiger partial charge on any atom is 0.231 e. The molecule has 1 heterocycles. The minimum Gasteiger partial charge on any atom is -0.394 e. The minimum atomic E-state index is -0.0454. The van der Waals surface area contributed by atoms with Gasteiger partial charge in [-0.2, -0.15) is 15.0 Å². The van der Waals surface area contributed by atoms with Crippen LogP contribution in [0.25, 0.3) is 0 Å². The van der Waals surface area contributed by atoms with E-state index in [2.05, 4.69) is 51.3 Å². The summed E-state index contributed by atoms with van der Waals surface area (Å²) in [5.74, 6) is 1.74. The molecular weight excluding hydrogens is 268 g/mol. The number of anilines is 3. The van der Waals surface area contributed by atoms with E-state index in [0.29, 0.717) is 17.8 Å². The third-order valence-electron chi connectivity index (χ3n) is 3.25. The fourth-order valence-corrected chi connectivity index (χ4v) is 1.85. The van der Waals surface area contributed by atoms with E-state index >= 15 is 0 Å². The van der Waals surface area contributed by atoms with Crippen LogP contribution in [0.2, 0.25) is 0 Å². The van der Waals surface area contributed by atoms with Gasteiger partial charge in [-0.05, 0) is 26.7 Å². The molecule has 0 bridgehead atoms. The summed E-state index contributed by atoms with van der Waals surface area (Å²) in [4.78, 5) is 15.4.